The Morgan fingerprint density at radius 2 is 1.49 bits per heavy atom. The van der Waals surface area contributed by atoms with Crippen LogP contribution >= 0.6 is 0 Å². The van der Waals surface area contributed by atoms with Gasteiger partial charge in [0.15, 0.2) is 0 Å². The molecular weight excluding hydrogens is 486 g/mol. The average molecular weight is 524 g/mol. The quantitative estimate of drug-likeness (QED) is 0.190. The van der Waals surface area contributed by atoms with Gasteiger partial charge in [-0.15, -0.1) is 0 Å². The Hall–Kier alpha value is -4.09. The van der Waals surface area contributed by atoms with Gasteiger partial charge in [-0.2, -0.15) is 0 Å². The highest BCUT2D eigenvalue weighted by Crippen LogP contribution is 2.30. The van der Waals surface area contributed by atoms with Crippen molar-refractivity contribution in [1.82, 2.24) is 5.32 Å². The smallest absolute Gasteiger partial charge is 0.216 e. The number of carbonyl (C=O) groups is 1. The zero-order chi connectivity index (χ0) is 27.5. The summed E-state index contributed by atoms with van der Waals surface area (Å²) in [5.41, 5.74) is 7.64. The number of aliphatic hydroxyl groups excluding tert-OH is 1. The number of hydrogen-bond acceptors (Lipinski definition) is 4. The lowest BCUT2D eigenvalue weighted by Gasteiger charge is -2.16. The molecule has 4 aromatic carbocycles. The fourth-order valence-electron chi connectivity index (χ4n) is 4.61. The summed E-state index contributed by atoms with van der Waals surface area (Å²) in [5.74, 6) is 1.51. The van der Waals surface area contributed by atoms with Gasteiger partial charge in [0.25, 0.3) is 0 Å². The van der Waals surface area contributed by atoms with E-state index in [-0.39, 0.29) is 12.5 Å². The van der Waals surface area contributed by atoms with E-state index < -0.39 is 0 Å². The van der Waals surface area contributed by atoms with Crippen molar-refractivity contribution < 1.29 is 19.4 Å². The molecule has 1 amide bonds. The lowest BCUT2D eigenvalue weighted by Crippen LogP contribution is -2.20. The normalized spacial score (nSPS) is 10.7. The van der Waals surface area contributed by atoms with Crippen molar-refractivity contribution in [1.29, 1.82) is 0 Å². The van der Waals surface area contributed by atoms with Crippen molar-refractivity contribution in [3.05, 3.63) is 119 Å². The number of hydrogen-bond donors (Lipinski definition) is 2. The zero-order valence-corrected chi connectivity index (χ0v) is 22.8. The summed E-state index contributed by atoms with van der Waals surface area (Å²) in [6.07, 6.45) is 2.65. The van der Waals surface area contributed by atoms with Crippen molar-refractivity contribution in [2.75, 3.05) is 6.54 Å². The Morgan fingerprint density at radius 1 is 0.769 bits per heavy atom. The monoisotopic (exact) mass is 523 g/mol. The minimum Gasteiger partial charge on any atom is -0.489 e. The van der Waals surface area contributed by atoms with Crippen molar-refractivity contribution in [2.24, 2.45) is 0 Å². The first-order valence-corrected chi connectivity index (χ1v) is 13.5. The molecule has 4 aromatic rings. The first-order chi connectivity index (χ1) is 19.0. The van der Waals surface area contributed by atoms with Gasteiger partial charge in [0.1, 0.15) is 24.7 Å². The number of carbonyl (C=O) groups excluding carboxylic acids is 1. The summed E-state index contributed by atoms with van der Waals surface area (Å²) in [6.45, 7) is 5.12. The van der Waals surface area contributed by atoms with E-state index >= 15 is 0 Å². The van der Waals surface area contributed by atoms with Crippen LogP contribution in [0.15, 0.2) is 91.0 Å². The molecule has 0 heterocycles. The third kappa shape index (κ3) is 7.95. The minimum absolute atomic E-state index is 0.00684. The molecule has 0 aliphatic rings. The maximum absolute atomic E-state index is 11.2. The number of amides is 1. The molecular formula is C34H37NO4. The van der Waals surface area contributed by atoms with Gasteiger partial charge in [0, 0.05) is 19.5 Å². The van der Waals surface area contributed by atoms with Crippen LogP contribution in [0.3, 0.4) is 0 Å². The van der Waals surface area contributed by atoms with E-state index in [1.807, 2.05) is 42.5 Å². The van der Waals surface area contributed by atoms with Crippen LogP contribution in [0.5, 0.6) is 11.5 Å². The van der Waals surface area contributed by atoms with E-state index in [4.69, 9.17) is 9.47 Å². The molecule has 0 saturated heterocycles. The van der Waals surface area contributed by atoms with E-state index in [0.29, 0.717) is 19.8 Å². The maximum atomic E-state index is 11.2. The van der Waals surface area contributed by atoms with Crippen LogP contribution in [0.2, 0.25) is 0 Å². The van der Waals surface area contributed by atoms with Crippen LogP contribution in [-0.4, -0.2) is 17.6 Å². The highest BCUT2D eigenvalue weighted by atomic mass is 16.5. The van der Waals surface area contributed by atoms with E-state index in [1.54, 1.807) is 0 Å². The summed E-state index contributed by atoms with van der Waals surface area (Å²) in [4.78, 5) is 11.2. The van der Waals surface area contributed by atoms with Crippen LogP contribution in [0.4, 0.5) is 0 Å². The first kappa shape index (κ1) is 27.9. The Kier molecular flexibility index (Phi) is 10.1. The molecule has 0 unspecified atom stereocenters. The number of ether oxygens (including phenoxy) is 2. The predicted octanol–water partition coefficient (Wildman–Crippen LogP) is 6.77. The standard InChI is InChI=1S/C34H37NO4/c1-25-30(16-10-17-33(25)27-11-4-3-5-12-27)23-38-32-19-18-28(13-8-9-20-35-26(2)37)34(21-32)39-24-31-15-7-6-14-29(31)22-36/h3-7,10-12,14-19,21,36H,8-9,13,20,22-24H2,1-2H3,(H,35,37). The first-order valence-electron chi connectivity index (χ1n) is 13.5. The molecule has 0 fully saturated rings. The maximum Gasteiger partial charge on any atom is 0.216 e. The highest BCUT2D eigenvalue weighted by Gasteiger charge is 2.11. The molecule has 0 bridgehead atoms. The van der Waals surface area contributed by atoms with Crippen LogP contribution in [0.1, 0.15) is 47.6 Å². The van der Waals surface area contributed by atoms with Gasteiger partial charge in [-0.05, 0) is 71.2 Å². The van der Waals surface area contributed by atoms with Gasteiger partial charge in [-0.25, -0.2) is 0 Å². The molecule has 0 spiro atoms. The number of unbranched alkanes of at least 4 members (excludes halogenated alkanes) is 1. The summed E-state index contributed by atoms with van der Waals surface area (Å²) in [5, 5.41) is 12.6. The van der Waals surface area contributed by atoms with Crippen molar-refractivity contribution in [3.63, 3.8) is 0 Å². The van der Waals surface area contributed by atoms with Gasteiger partial charge in [-0.3, -0.25) is 4.79 Å². The average Bonchev–Trinajstić information content (AvgIpc) is 2.96. The SMILES string of the molecule is CC(=O)NCCCCc1ccc(OCc2cccc(-c3ccccc3)c2C)cc1OCc1ccccc1CO. The second-order valence-electron chi connectivity index (χ2n) is 9.67. The van der Waals surface area contributed by atoms with Crippen molar-refractivity contribution in [2.45, 2.75) is 52.9 Å². The van der Waals surface area contributed by atoms with Crippen molar-refractivity contribution >= 4 is 5.91 Å². The number of aryl methyl sites for hydroxylation is 1. The zero-order valence-electron chi connectivity index (χ0n) is 22.8. The van der Waals surface area contributed by atoms with Crippen LogP contribution < -0.4 is 14.8 Å². The molecule has 0 aliphatic heterocycles. The second kappa shape index (κ2) is 14.2. The predicted molar refractivity (Wildman–Crippen MR) is 156 cm³/mol. The molecule has 39 heavy (non-hydrogen) atoms. The van der Waals surface area contributed by atoms with E-state index in [9.17, 15) is 9.90 Å². The highest BCUT2D eigenvalue weighted by molar-refractivity contribution is 5.72. The molecule has 202 valence electrons. The fraction of sp³-hybridized carbons (Fsp3) is 0.265. The second-order valence-corrected chi connectivity index (χ2v) is 9.67. The van der Waals surface area contributed by atoms with Gasteiger partial charge >= 0.3 is 0 Å². The van der Waals surface area contributed by atoms with Crippen LogP contribution in [-0.2, 0) is 31.0 Å². The van der Waals surface area contributed by atoms with E-state index in [1.165, 1.54) is 23.6 Å². The van der Waals surface area contributed by atoms with Crippen LogP contribution in [0.25, 0.3) is 11.1 Å². The van der Waals surface area contributed by atoms with E-state index in [2.05, 4.69) is 60.8 Å². The third-order valence-corrected chi connectivity index (χ3v) is 6.88. The topological polar surface area (TPSA) is 67.8 Å². The summed E-state index contributed by atoms with van der Waals surface area (Å²) in [7, 11) is 0. The summed E-state index contributed by atoms with van der Waals surface area (Å²) < 4.78 is 12.6. The number of aliphatic hydroxyl groups is 1. The molecule has 0 aromatic heterocycles. The van der Waals surface area contributed by atoms with Gasteiger partial charge in [-0.1, -0.05) is 78.9 Å². The van der Waals surface area contributed by atoms with Gasteiger partial charge < -0.3 is 19.9 Å². The molecule has 2 N–H and O–H groups in total. The fourth-order valence-corrected chi connectivity index (χ4v) is 4.61. The van der Waals surface area contributed by atoms with Gasteiger partial charge in [0.05, 0.1) is 6.61 Å². The number of rotatable bonds is 13. The molecule has 5 nitrogen and oxygen atoms in total. The number of nitrogens with one attached hydrogen (secondary N) is 1. The Morgan fingerprint density at radius 3 is 2.26 bits per heavy atom. The Bertz CT molecular complexity index is 1370. The lowest BCUT2D eigenvalue weighted by molar-refractivity contribution is -0.118. The van der Waals surface area contributed by atoms with Crippen molar-refractivity contribution in [3.8, 4) is 22.6 Å². The molecule has 4 rings (SSSR count). The van der Waals surface area contributed by atoms with Crippen LogP contribution in [0, 0.1) is 6.92 Å². The number of benzene rings is 4. The van der Waals surface area contributed by atoms with E-state index in [0.717, 1.165) is 53.0 Å². The minimum atomic E-state index is -0.0277. The molecule has 5 heteroatoms. The molecule has 0 radical (unpaired) electrons. The summed E-state index contributed by atoms with van der Waals surface area (Å²) in [6, 6.07) is 30.5. The Balaban J connectivity index is 1.48. The largest absolute Gasteiger partial charge is 0.489 e. The molecule has 0 aliphatic carbocycles. The third-order valence-electron chi connectivity index (χ3n) is 6.88. The molecule has 0 saturated carbocycles. The van der Waals surface area contributed by atoms with Gasteiger partial charge in [0.2, 0.25) is 5.91 Å². The molecule has 0 atom stereocenters. The lowest BCUT2D eigenvalue weighted by atomic mass is 9.97. The Labute approximate surface area is 231 Å². The summed E-state index contributed by atoms with van der Waals surface area (Å²) >= 11 is 0.